The van der Waals surface area contributed by atoms with E-state index in [0.29, 0.717) is 5.36 Å². The Labute approximate surface area is 150 Å². The van der Waals surface area contributed by atoms with Gasteiger partial charge in [-0.05, 0) is 47.5 Å². The predicted octanol–water partition coefficient (Wildman–Crippen LogP) is 4.80. The Hall–Kier alpha value is -2.85. The molecule has 2 aromatic carbocycles. The molecule has 0 saturated carbocycles. The largest absolute Gasteiger partial charge is 0.399 e. The number of hydrogen-bond donors (Lipinski definition) is 2. The van der Waals surface area contributed by atoms with Crippen molar-refractivity contribution in [3.05, 3.63) is 66.0 Å². The van der Waals surface area contributed by atoms with Crippen LogP contribution in [0.25, 0.3) is 31.7 Å². The fraction of sp³-hybridized carbons (Fsp3) is 0.0952. The lowest BCUT2D eigenvalue weighted by atomic mass is 9.95. The summed E-state index contributed by atoms with van der Waals surface area (Å²) in [5, 5.41) is 9.68. The first-order valence-electron chi connectivity index (χ1n) is 8.11. The van der Waals surface area contributed by atoms with Crippen LogP contribution in [0.4, 0.5) is 11.4 Å². The van der Waals surface area contributed by atoms with Crippen LogP contribution in [0.1, 0.15) is 0 Å². The third-order valence-electron chi connectivity index (χ3n) is 4.42. The highest BCUT2D eigenvalue weighted by molar-refractivity contribution is 7.21. The number of rotatable bonds is 2. The lowest BCUT2D eigenvalue weighted by Crippen LogP contribution is -2.08. The van der Waals surface area contributed by atoms with E-state index < -0.39 is 0 Å². The lowest BCUT2D eigenvalue weighted by Gasteiger charge is -2.17. The minimum Gasteiger partial charge on any atom is -0.399 e. The molecule has 0 radical (unpaired) electrons. The number of benzene rings is 3. The summed E-state index contributed by atoms with van der Waals surface area (Å²) in [6.07, 6.45) is 0. The van der Waals surface area contributed by atoms with Crippen LogP contribution in [0.2, 0.25) is 0 Å². The zero-order valence-corrected chi connectivity index (χ0v) is 15.0. The topological polar surface area (TPSA) is 53.1 Å². The van der Waals surface area contributed by atoms with E-state index in [9.17, 15) is 0 Å². The average molecular weight is 345 g/mol. The zero-order valence-electron chi connectivity index (χ0n) is 14.2. The molecule has 0 fully saturated rings. The van der Waals surface area contributed by atoms with Crippen LogP contribution in [0.5, 0.6) is 0 Å². The molecule has 4 rings (SSSR count). The molecule has 0 bridgehead atoms. The summed E-state index contributed by atoms with van der Waals surface area (Å²) in [4.78, 5) is 3.21. The van der Waals surface area contributed by atoms with Crippen molar-refractivity contribution in [3.63, 3.8) is 0 Å². The monoisotopic (exact) mass is 345 g/mol. The van der Waals surface area contributed by atoms with Crippen LogP contribution >= 0.6 is 11.3 Å². The van der Waals surface area contributed by atoms with Gasteiger partial charge in [0.05, 0.1) is 5.36 Å². The minimum atomic E-state index is 0.529. The summed E-state index contributed by atoms with van der Waals surface area (Å²) < 4.78 is 1.14. The third kappa shape index (κ3) is 2.75. The number of anilines is 2. The summed E-state index contributed by atoms with van der Waals surface area (Å²) in [5.41, 5.74) is 11.5. The number of nitrogens with two attached hydrogens (primary N) is 1. The molecule has 2 aliphatic rings. The molecule has 124 valence electrons. The van der Waals surface area contributed by atoms with Crippen LogP contribution in [0.3, 0.4) is 0 Å². The smallest absolute Gasteiger partial charge is 0.0554 e. The third-order valence-corrected chi connectivity index (χ3v) is 5.53. The van der Waals surface area contributed by atoms with Gasteiger partial charge < -0.3 is 16.0 Å². The molecule has 0 unspecified atom stereocenters. The summed E-state index contributed by atoms with van der Waals surface area (Å²) >= 11 is 1.69. The van der Waals surface area contributed by atoms with E-state index in [4.69, 9.17) is 11.1 Å². The highest BCUT2D eigenvalue weighted by Crippen LogP contribution is 2.43. The molecule has 1 aliphatic heterocycles. The molecule has 0 saturated heterocycles. The molecule has 2 aromatic rings. The van der Waals surface area contributed by atoms with Crippen molar-refractivity contribution >= 4 is 32.8 Å². The Bertz CT molecular complexity index is 1090. The van der Waals surface area contributed by atoms with Crippen molar-refractivity contribution in [2.45, 2.75) is 0 Å². The molecule has 0 amide bonds. The number of nitrogens with zero attached hydrogens (tertiary/aromatic N) is 1. The standard InChI is InChI=1S/C21H19N3S/c1-24(2)16-7-3-13(4-8-16)21-17-9-5-14(22)11-19(17)25-20-12-15(23)6-10-18(20)21/h3-12,22H,23H2,1-2H3. The van der Waals surface area contributed by atoms with Crippen molar-refractivity contribution < 1.29 is 0 Å². The summed E-state index contributed by atoms with van der Waals surface area (Å²) in [6, 6.07) is 20.5. The van der Waals surface area contributed by atoms with Gasteiger partial charge in [0.2, 0.25) is 0 Å². The van der Waals surface area contributed by atoms with Crippen LogP contribution < -0.4 is 16.0 Å². The van der Waals surface area contributed by atoms with Crippen molar-refractivity contribution in [2.24, 2.45) is 0 Å². The maximum atomic E-state index is 7.95. The Morgan fingerprint density at radius 1 is 0.920 bits per heavy atom. The van der Waals surface area contributed by atoms with Gasteiger partial charge in [0.1, 0.15) is 0 Å². The van der Waals surface area contributed by atoms with Crippen LogP contribution in [-0.4, -0.2) is 14.1 Å². The first-order chi connectivity index (χ1) is 12.0. The SMILES string of the molecule is CN(C)c1ccc(-c2c3ccc(=N)cc-3sc3cc(N)ccc23)cc1. The Kier molecular flexibility index (Phi) is 3.70. The fourth-order valence-corrected chi connectivity index (χ4v) is 4.32. The second-order valence-corrected chi connectivity index (χ2v) is 7.47. The van der Waals surface area contributed by atoms with Gasteiger partial charge in [-0.1, -0.05) is 24.3 Å². The molecule has 3 nitrogen and oxygen atoms in total. The van der Waals surface area contributed by atoms with Crippen LogP contribution in [0.15, 0.2) is 60.7 Å². The van der Waals surface area contributed by atoms with E-state index in [2.05, 4.69) is 41.3 Å². The summed E-state index contributed by atoms with van der Waals surface area (Å²) in [7, 11) is 4.09. The molecule has 1 heterocycles. The van der Waals surface area contributed by atoms with Crippen molar-refractivity contribution in [2.75, 3.05) is 24.7 Å². The fourth-order valence-electron chi connectivity index (χ4n) is 3.14. The molecular weight excluding hydrogens is 326 g/mol. The average Bonchev–Trinajstić information content (AvgIpc) is 2.59. The number of nitrogen functional groups attached to an aromatic ring is 1. The first-order valence-corrected chi connectivity index (χ1v) is 8.93. The van der Waals surface area contributed by atoms with Crippen LogP contribution in [0, 0.1) is 5.41 Å². The van der Waals surface area contributed by atoms with Gasteiger partial charge in [0.25, 0.3) is 0 Å². The number of fused-ring (bicyclic) bond motifs is 2. The van der Waals surface area contributed by atoms with Gasteiger partial charge in [-0.3, -0.25) is 0 Å². The summed E-state index contributed by atoms with van der Waals surface area (Å²) in [6.45, 7) is 0. The van der Waals surface area contributed by atoms with Gasteiger partial charge in [0, 0.05) is 46.0 Å². The highest BCUT2D eigenvalue weighted by atomic mass is 32.1. The number of nitrogens with one attached hydrogen (secondary N) is 1. The van der Waals surface area contributed by atoms with E-state index in [1.54, 1.807) is 11.3 Å². The van der Waals surface area contributed by atoms with Crippen molar-refractivity contribution in [1.29, 1.82) is 5.41 Å². The van der Waals surface area contributed by atoms with Gasteiger partial charge in [-0.25, -0.2) is 0 Å². The molecular formula is C21H19N3S. The quantitative estimate of drug-likeness (QED) is 0.405. The van der Waals surface area contributed by atoms with Gasteiger partial charge in [-0.2, -0.15) is 0 Å². The van der Waals surface area contributed by atoms with Crippen molar-refractivity contribution in [1.82, 2.24) is 0 Å². The highest BCUT2D eigenvalue weighted by Gasteiger charge is 2.15. The van der Waals surface area contributed by atoms with Gasteiger partial charge in [-0.15, -0.1) is 11.3 Å². The molecule has 25 heavy (non-hydrogen) atoms. The Balaban J connectivity index is 2.07. The first kappa shape index (κ1) is 15.7. The van der Waals surface area contributed by atoms with E-state index in [1.165, 1.54) is 27.8 Å². The van der Waals surface area contributed by atoms with E-state index in [-0.39, 0.29) is 0 Å². The Morgan fingerprint density at radius 2 is 1.68 bits per heavy atom. The zero-order chi connectivity index (χ0) is 17.6. The van der Waals surface area contributed by atoms with E-state index >= 15 is 0 Å². The molecule has 4 heteroatoms. The maximum absolute atomic E-state index is 7.95. The molecule has 0 spiro atoms. The maximum Gasteiger partial charge on any atom is 0.0554 e. The van der Waals surface area contributed by atoms with Crippen LogP contribution in [-0.2, 0) is 0 Å². The Morgan fingerprint density at radius 3 is 2.40 bits per heavy atom. The summed E-state index contributed by atoms with van der Waals surface area (Å²) in [5.74, 6) is 0. The van der Waals surface area contributed by atoms with E-state index in [0.717, 1.165) is 15.3 Å². The molecule has 0 atom stereocenters. The van der Waals surface area contributed by atoms with Gasteiger partial charge >= 0.3 is 0 Å². The normalized spacial score (nSPS) is 11.1. The molecule has 0 aromatic heterocycles. The molecule has 1 aliphatic carbocycles. The number of hydrogen-bond acceptors (Lipinski definition) is 4. The van der Waals surface area contributed by atoms with E-state index in [1.807, 2.05) is 38.4 Å². The lowest BCUT2D eigenvalue weighted by molar-refractivity contribution is 1.13. The van der Waals surface area contributed by atoms with Crippen molar-refractivity contribution in [3.8, 4) is 21.6 Å². The second kappa shape index (κ2) is 5.90. The minimum absolute atomic E-state index is 0.529. The predicted molar refractivity (Wildman–Crippen MR) is 108 cm³/mol. The second-order valence-electron chi connectivity index (χ2n) is 6.38. The molecule has 3 N–H and O–H groups in total. The van der Waals surface area contributed by atoms with Gasteiger partial charge in [0.15, 0.2) is 0 Å².